The normalized spacial score (nSPS) is 19.7. The molecule has 0 N–H and O–H groups in total. The van der Waals surface area contributed by atoms with Crippen LogP contribution in [0.2, 0.25) is 0 Å². The van der Waals surface area contributed by atoms with E-state index in [1.807, 2.05) is 25.1 Å². The second-order valence-corrected chi connectivity index (χ2v) is 6.69. The molecule has 0 aliphatic heterocycles. The summed E-state index contributed by atoms with van der Waals surface area (Å²) >= 11 is 0. The molecule has 3 rings (SSSR count). The highest BCUT2D eigenvalue weighted by molar-refractivity contribution is 5.87. The number of fused-ring (bicyclic) bond motifs is 1. The summed E-state index contributed by atoms with van der Waals surface area (Å²) in [5.74, 6) is -0.893. The Morgan fingerprint density at radius 2 is 1.88 bits per heavy atom. The van der Waals surface area contributed by atoms with Crippen LogP contribution in [0.4, 0.5) is 0 Å². The van der Waals surface area contributed by atoms with Crippen LogP contribution in [0, 0.1) is 5.92 Å². The zero-order valence-corrected chi connectivity index (χ0v) is 15.2. The molecule has 0 fully saturated rings. The molecule has 136 valence electrons. The van der Waals surface area contributed by atoms with Crippen molar-refractivity contribution in [2.24, 2.45) is 5.92 Å². The fourth-order valence-electron chi connectivity index (χ4n) is 3.45. The molecule has 4 nitrogen and oxygen atoms in total. The maximum Gasteiger partial charge on any atom is 0.312 e. The Bertz CT molecular complexity index is 837. The van der Waals surface area contributed by atoms with E-state index >= 15 is 0 Å². The van der Waals surface area contributed by atoms with Crippen molar-refractivity contribution >= 4 is 28.3 Å². The van der Waals surface area contributed by atoms with Gasteiger partial charge in [0.25, 0.3) is 0 Å². The number of ether oxygens (including phenoxy) is 2. The minimum Gasteiger partial charge on any atom is -0.469 e. The summed E-state index contributed by atoms with van der Waals surface area (Å²) in [7, 11) is 1.39. The van der Waals surface area contributed by atoms with Crippen molar-refractivity contribution in [2.45, 2.75) is 38.7 Å². The quantitative estimate of drug-likeness (QED) is 0.743. The third-order valence-corrected chi connectivity index (χ3v) is 4.74. The topological polar surface area (TPSA) is 52.6 Å². The van der Waals surface area contributed by atoms with E-state index in [1.54, 1.807) is 0 Å². The molecule has 0 saturated heterocycles. The third kappa shape index (κ3) is 4.13. The second kappa shape index (κ2) is 8.17. The molecular formula is C22H24O4. The van der Waals surface area contributed by atoms with Gasteiger partial charge in [0.15, 0.2) is 0 Å². The van der Waals surface area contributed by atoms with Gasteiger partial charge >= 0.3 is 11.9 Å². The van der Waals surface area contributed by atoms with Gasteiger partial charge in [0, 0.05) is 19.3 Å². The summed E-state index contributed by atoms with van der Waals surface area (Å²) < 4.78 is 10.5. The molecule has 1 aliphatic rings. The Balaban J connectivity index is 1.89. The van der Waals surface area contributed by atoms with Crippen molar-refractivity contribution in [3.05, 3.63) is 54.1 Å². The highest BCUT2D eigenvalue weighted by Crippen LogP contribution is 2.34. The summed E-state index contributed by atoms with van der Waals surface area (Å²) in [6.45, 7) is 1.94. The monoisotopic (exact) mass is 352 g/mol. The summed E-state index contributed by atoms with van der Waals surface area (Å²) in [5.41, 5.74) is 2.07. The Morgan fingerprint density at radius 3 is 2.62 bits per heavy atom. The predicted octanol–water partition coefficient (Wildman–Crippen LogP) is 4.52. The van der Waals surface area contributed by atoms with Crippen molar-refractivity contribution in [2.75, 3.05) is 7.11 Å². The van der Waals surface area contributed by atoms with Crippen molar-refractivity contribution in [3.8, 4) is 0 Å². The van der Waals surface area contributed by atoms with E-state index in [0.29, 0.717) is 19.3 Å². The van der Waals surface area contributed by atoms with Crippen LogP contribution in [0.3, 0.4) is 0 Å². The van der Waals surface area contributed by atoms with E-state index < -0.39 is 5.92 Å². The van der Waals surface area contributed by atoms with E-state index in [0.717, 1.165) is 22.9 Å². The van der Waals surface area contributed by atoms with E-state index in [4.69, 9.17) is 9.47 Å². The van der Waals surface area contributed by atoms with Crippen molar-refractivity contribution in [1.82, 2.24) is 0 Å². The van der Waals surface area contributed by atoms with Crippen molar-refractivity contribution in [3.63, 3.8) is 0 Å². The molecule has 2 atom stereocenters. The van der Waals surface area contributed by atoms with Gasteiger partial charge in [-0.05, 0) is 34.4 Å². The molecular weight excluding hydrogens is 328 g/mol. The molecule has 2 aromatic rings. The Morgan fingerprint density at radius 1 is 1.12 bits per heavy atom. The predicted molar refractivity (Wildman–Crippen MR) is 101 cm³/mol. The van der Waals surface area contributed by atoms with Crippen LogP contribution in [-0.4, -0.2) is 25.2 Å². The molecule has 0 aromatic heterocycles. The van der Waals surface area contributed by atoms with Crippen molar-refractivity contribution in [1.29, 1.82) is 0 Å². The van der Waals surface area contributed by atoms with E-state index in [2.05, 4.69) is 30.3 Å². The van der Waals surface area contributed by atoms with Crippen LogP contribution < -0.4 is 0 Å². The lowest BCUT2D eigenvalue weighted by Gasteiger charge is -2.27. The SMILES string of the molecule is CCCC(=O)OC1CC(c2ccc3ccccc3c2)=C[C@@H](C(=O)OC)C1. The lowest BCUT2D eigenvalue weighted by Crippen LogP contribution is -2.29. The number of hydrogen-bond donors (Lipinski definition) is 0. The number of benzene rings is 2. The molecule has 1 aliphatic carbocycles. The van der Waals surface area contributed by atoms with Gasteiger partial charge < -0.3 is 9.47 Å². The van der Waals surface area contributed by atoms with Crippen LogP contribution in [-0.2, 0) is 19.1 Å². The molecule has 26 heavy (non-hydrogen) atoms. The van der Waals surface area contributed by atoms with Crippen LogP contribution >= 0.6 is 0 Å². The van der Waals surface area contributed by atoms with Gasteiger partial charge in [-0.2, -0.15) is 0 Å². The lowest BCUT2D eigenvalue weighted by atomic mass is 9.84. The highest BCUT2D eigenvalue weighted by atomic mass is 16.5. The first kappa shape index (κ1) is 18.2. The average molecular weight is 352 g/mol. The Labute approximate surface area is 153 Å². The molecule has 0 heterocycles. The number of carbonyl (C=O) groups excluding carboxylic acids is 2. The number of methoxy groups -OCH3 is 1. The van der Waals surface area contributed by atoms with Gasteiger partial charge in [-0.15, -0.1) is 0 Å². The number of rotatable bonds is 5. The van der Waals surface area contributed by atoms with Crippen LogP contribution in [0.15, 0.2) is 48.5 Å². The number of esters is 2. The first-order chi connectivity index (χ1) is 12.6. The van der Waals surface area contributed by atoms with Crippen LogP contribution in [0.1, 0.15) is 38.2 Å². The summed E-state index contributed by atoms with van der Waals surface area (Å²) in [4.78, 5) is 24.0. The van der Waals surface area contributed by atoms with E-state index in [9.17, 15) is 9.59 Å². The lowest BCUT2D eigenvalue weighted by molar-refractivity contribution is -0.153. The second-order valence-electron chi connectivity index (χ2n) is 6.69. The molecule has 0 bridgehead atoms. The minimum absolute atomic E-state index is 0.208. The van der Waals surface area contributed by atoms with Gasteiger partial charge in [-0.3, -0.25) is 9.59 Å². The number of hydrogen-bond acceptors (Lipinski definition) is 4. The van der Waals surface area contributed by atoms with Gasteiger partial charge in [0.1, 0.15) is 6.10 Å². The van der Waals surface area contributed by atoms with E-state index in [1.165, 1.54) is 12.5 Å². The third-order valence-electron chi connectivity index (χ3n) is 4.74. The minimum atomic E-state index is -0.394. The van der Waals surface area contributed by atoms with Crippen molar-refractivity contribution < 1.29 is 19.1 Å². The highest BCUT2D eigenvalue weighted by Gasteiger charge is 2.30. The summed E-state index contributed by atoms with van der Waals surface area (Å²) in [6, 6.07) is 14.4. The fraction of sp³-hybridized carbons (Fsp3) is 0.364. The molecule has 4 heteroatoms. The molecule has 0 spiro atoms. The zero-order valence-electron chi connectivity index (χ0n) is 15.2. The Kier molecular flexibility index (Phi) is 5.71. The molecule has 0 saturated carbocycles. The first-order valence-electron chi connectivity index (χ1n) is 9.08. The molecule has 1 unspecified atom stereocenters. The maximum atomic E-state index is 12.1. The van der Waals surface area contributed by atoms with Gasteiger partial charge in [-0.25, -0.2) is 0 Å². The molecule has 0 amide bonds. The summed E-state index contributed by atoms with van der Waals surface area (Å²) in [5, 5.41) is 2.31. The largest absolute Gasteiger partial charge is 0.469 e. The van der Waals surface area contributed by atoms with Gasteiger partial charge in [-0.1, -0.05) is 49.4 Å². The fourth-order valence-corrected chi connectivity index (χ4v) is 3.45. The first-order valence-corrected chi connectivity index (χ1v) is 9.08. The van der Waals surface area contributed by atoms with Crippen LogP contribution in [0.25, 0.3) is 16.3 Å². The average Bonchev–Trinajstić information content (AvgIpc) is 2.66. The van der Waals surface area contributed by atoms with Gasteiger partial charge in [0.05, 0.1) is 13.0 Å². The van der Waals surface area contributed by atoms with E-state index in [-0.39, 0.29) is 18.0 Å². The zero-order chi connectivity index (χ0) is 18.5. The van der Waals surface area contributed by atoms with Crippen LogP contribution in [0.5, 0.6) is 0 Å². The standard InChI is InChI=1S/C22H24O4/c1-3-6-21(23)26-20-13-18(12-19(14-20)22(24)25-2)17-10-9-15-7-4-5-8-16(15)11-17/h4-5,7-12,19-20H,3,6,13-14H2,1-2H3/t19-,20?/m1/s1. The molecule has 2 aromatic carbocycles. The summed E-state index contributed by atoms with van der Waals surface area (Å²) in [6.07, 6.45) is 3.89. The van der Waals surface area contributed by atoms with Gasteiger partial charge in [0.2, 0.25) is 0 Å². The smallest absolute Gasteiger partial charge is 0.312 e. The molecule has 0 radical (unpaired) electrons. The Hall–Kier alpha value is -2.62. The number of carbonyl (C=O) groups is 2. The maximum absolute atomic E-state index is 12.1.